The molecule has 0 aromatic rings. The van der Waals surface area contributed by atoms with Crippen LogP contribution in [0, 0.1) is 47.3 Å². The van der Waals surface area contributed by atoms with Crippen LogP contribution in [0.25, 0.3) is 0 Å². The van der Waals surface area contributed by atoms with Crippen LogP contribution in [0.15, 0.2) is 48.1 Å². The molecule has 9 unspecified atom stereocenters. The van der Waals surface area contributed by atoms with Crippen molar-refractivity contribution < 1.29 is 5.11 Å². The van der Waals surface area contributed by atoms with Gasteiger partial charge in [-0.3, -0.25) is 0 Å². The monoisotopic (exact) mass is 392 g/mol. The number of hydrogen-bond donors (Lipinski definition) is 1. The predicted molar refractivity (Wildman–Crippen MR) is 121 cm³/mol. The molecule has 0 saturated heterocycles. The van der Waals surface area contributed by atoms with Gasteiger partial charge in [0.25, 0.3) is 0 Å². The first kappa shape index (κ1) is 19.9. The molecule has 0 amide bonds. The van der Waals surface area contributed by atoms with Gasteiger partial charge in [0.15, 0.2) is 0 Å². The van der Waals surface area contributed by atoms with E-state index in [4.69, 9.17) is 0 Å². The van der Waals surface area contributed by atoms with Crippen molar-refractivity contribution in [1.29, 1.82) is 0 Å². The highest BCUT2D eigenvalue weighted by Crippen LogP contribution is 2.56. The highest BCUT2D eigenvalue weighted by Gasteiger charge is 2.48. The van der Waals surface area contributed by atoms with Crippen LogP contribution in [0.1, 0.15) is 71.1 Å². The van der Waals surface area contributed by atoms with Crippen molar-refractivity contribution in [2.24, 2.45) is 47.3 Å². The fourth-order valence-corrected chi connectivity index (χ4v) is 7.71. The van der Waals surface area contributed by atoms with Gasteiger partial charge < -0.3 is 5.11 Å². The van der Waals surface area contributed by atoms with Crippen LogP contribution in [-0.4, -0.2) is 11.2 Å². The molecule has 29 heavy (non-hydrogen) atoms. The summed E-state index contributed by atoms with van der Waals surface area (Å²) in [4.78, 5) is 0. The first-order chi connectivity index (χ1) is 14.2. The summed E-state index contributed by atoms with van der Waals surface area (Å²) in [6.45, 7) is 2.37. The molecule has 0 heterocycles. The number of allylic oxidation sites excluding steroid dienone is 7. The fraction of sp³-hybridized carbons (Fsp3) is 0.714. The summed E-state index contributed by atoms with van der Waals surface area (Å²) in [6, 6.07) is 0. The quantitative estimate of drug-likeness (QED) is 0.520. The summed E-state index contributed by atoms with van der Waals surface area (Å²) in [5, 5.41) is 10.1. The number of hydrogen-bond acceptors (Lipinski definition) is 1. The van der Waals surface area contributed by atoms with Crippen molar-refractivity contribution in [3.05, 3.63) is 48.1 Å². The normalized spacial score (nSPS) is 45.2. The zero-order valence-corrected chi connectivity index (χ0v) is 18.3. The van der Waals surface area contributed by atoms with Gasteiger partial charge in [0.05, 0.1) is 6.10 Å². The molecule has 1 saturated carbocycles. The molecular formula is C28H40O. The molecule has 0 aromatic carbocycles. The minimum atomic E-state index is -0.108. The van der Waals surface area contributed by atoms with Gasteiger partial charge in [0, 0.05) is 0 Å². The van der Waals surface area contributed by atoms with Crippen molar-refractivity contribution in [3.8, 4) is 0 Å². The Bertz CT molecular complexity index is 697. The predicted octanol–water partition coefficient (Wildman–Crippen LogP) is 6.86. The molecule has 5 aliphatic rings. The van der Waals surface area contributed by atoms with Crippen LogP contribution in [0.2, 0.25) is 0 Å². The van der Waals surface area contributed by atoms with E-state index in [1.807, 2.05) is 0 Å². The highest BCUT2D eigenvalue weighted by molar-refractivity contribution is 5.21. The summed E-state index contributed by atoms with van der Waals surface area (Å²) >= 11 is 0. The van der Waals surface area contributed by atoms with E-state index in [1.165, 1.54) is 44.9 Å². The van der Waals surface area contributed by atoms with E-state index < -0.39 is 0 Å². The standard InChI is InChI=1S/C28H40O/c1-19-10-12-20(13-11-19)28(21-14-16-23(29)17-15-21)27-18-22-6-2-3-7-24(22)25-8-4-5-9-26(25)27/h2-3,5,9-10,12,14,19-20,22-29H,4,6-8,11,13,15-18H2,1H3. The SMILES string of the molecule is CC1C=CC(C(C2=CCC(O)CC2)C2CC3CC=CCC3C3CCC=CC32)CC1. The third kappa shape index (κ3) is 3.97. The zero-order valence-electron chi connectivity index (χ0n) is 18.3. The van der Waals surface area contributed by atoms with Crippen LogP contribution >= 0.6 is 0 Å². The molecule has 5 rings (SSSR count). The molecule has 0 radical (unpaired) electrons. The van der Waals surface area contributed by atoms with Gasteiger partial charge in [-0.1, -0.05) is 55.0 Å². The smallest absolute Gasteiger partial charge is 0.0577 e. The molecular weight excluding hydrogens is 352 g/mol. The van der Waals surface area contributed by atoms with Gasteiger partial charge in [0.1, 0.15) is 0 Å². The lowest BCUT2D eigenvalue weighted by Crippen LogP contribution is -2.45. The summed E-state index contributed by atoms with van der Waals surface area (Å²) in [7, 11) is 0. The van der Waals surface area contributed by atoms with Gasteiger partial charge in [-0.15, -0.1) is 0 Å². The Kier molecular flexibility index (Phi) is 5.87. The van der Waals surface area contributed by atoms with Crippen molar-refractivity contribution in [2.75, 3.05) is 0 Å². The summed E-state index contributed by atoms with van der Waals surface area (Å²) < 4.78 is 0. The van der Waals surface area contributed by atoms with Crippen LogP contribution < -0.4 is 0 Å². The maximum Gasteiger partial charge on any atom is 0.0577 e. The minimum absolute atomic E-state index is 0.108. The van der Waals surface area contributed by atoms with Crippen molar-refractivity contribution in [2.45, 2.75) is 77.2 Å². The Balaban J connectivity index is 1.50. The Morgan fingerprint density at radius 3 is 2.59 bits per heavy atom. The Labute approximate surface area is 178 Å². The topological polar surface area (TPSA) is 20.2 Å². The summed E-state index contributed by atoms with van der Waals surface area (Å²) in [6.07, 6.45) is 30.0. The third-order valence-corrected chi connectivity index (χ3v) is 9.17. The maximum absolute atomic E-state index is 10.1. The molecule has 1 N–H and O–H groups in total. The van der Waals surface area contributed by atoms with Crippen LogP contribution in [-0.2, 0) is 0 Å². The second kappa shape index (κ2) is 8.58. The van der Waals surface area contributed by atoms with E-state index in [-0.39, 0.29) is 6.10 Å². The molecule has 0 aromatic heterocycles. The first-order valence-electron chi connectivity index (χ1n) is 12.6. The van der Waals surface area contributed by atoms with E-state index in [9.17, 15) is 5.11 Å². The second-order valence-electron chi connectivity index (χ2n) is 10.8. The molecule has 1 heteroatoms. The molecule has 5 aliphatic carbocycles. The highest BCUT2D eigenvalue weighted by atomic mass is 16.3. The Hall–Kier alpha value is -1.08. The number of fused-ring (bicyclic) bond motifs is 3. The van der Waals surface area contributed by atoms with Crippen molar-refractivity contribution >= 4 is 0 Å². The minimum Gasteiger partial charge on any atom is -0.393 e. The average Bonchev–Trinajstić information content (AvgIpc) is 2.76. The van der Waals surface area contributed by atoms with Crippen molar-refractivity contribution in [1.82, 2.24) is 0 Å². The van der Waals surface area contributed by atoms with Crippen LogP contribution in [0.4, 0.5) is 0 Å². The van der Waals surface area contributed by atoms with E-state index in [2.05, 4.69) is 49.5 Å². The van der Waals surface area contributed by atoms with E-state index in [0.717, 1.165) is 54.8 Å². The second-order valence-corrected chi connectivity index (χ2v) is 10.8. The number of aliphatic hydroxyl groups excluding tert-OH is 1. The lowest BCUT2D eigenvalue weighted by atomic mass is 9.52. The Morgan fingerprint density at radius 2 is 1.79 bits per heavy atom. The molecule has 0 spiro atoms. The lowest BCUT2D eigenvalue weighted by molar-refractivity contribution is 0.0164. The van der Waals surface area contributed by atoms with Crippen LogP contribution in [0.5, 0.6) is 0 Å². The first-order valence-corrected chi connectivity index (χ1v) is 12.6. The molecule has 0 aliphatic heterocycles. The summed E-state index contributed by atoms with van der Waals surface area (Å²) in [5.74, 6) is 6.47. The van der Waals surface area contributed by atoms with E-state index in [0.29, 0.717) is 11.8 Å². The molecule has 0 bridgehead atoms. The van der Waals surface area contributed by atoms with Gasteiger partial charge in [-0.05, 0) is 112 Å². The average molecular weight is 393 g/mol. The third-order valence-electron chi connectivity index (χ3n) is 9.17. The number of rotatable bonds is 3. The summed E-state index contributed by atoms with van der Waals surface area (Å²) in [5.41, 5.74) is 1.70. The van der Waals surface area contributed by atoms with E-state index >= 15 is 0 Å². The zero-order chi connectivity index (χ0) is 19.8. The Morgan fingerprint density at radius 1 is 0.897 bits per heavy atom. The molecule has 1 nitrogen and oxygen atoms in total. The van der Waals surface area contributed by atoms with E-state index in [1.54, 1.807) is 5.57 Å². The molecule has 158 valence electrons. The lowest BCUT2D eigenvalue weighted by Gasteiger charge is -2.53. The maximum atomic E-state index is 10.1. The van der Waals surface area contributed by atoms with Gasteiger partial charge in [-0.2, -0.15) is 0 Å². The van der Waals surface area contributed by atoms with Gasteiger partial charge in [0.2, 0.25) is 0 Å². The van der Waals surface area contributed by atoms with Crippen molar-refractivity contribution in [3.63, 3.8) is 0 Å². The molecule has 1 fully saturated rings. The fourth-order valence-electron chi connectivity index (χ4n) is 7.71. The van der Waals surface area contributed by atoms with Gasteiger partial charge >= 0.3 is 0 Å². The number of aliphatic hydroxyl groups is 1. The largest absolute Gasteiger partial charge is 0.393 e. The molecule has 9 atom stereocenters. The van der Waals surface area contributed by atoms with Crippen LogP contribution in [0.3, 0.4) is 0 Å². The van der Waals surface area contributed by atoms with Gasteiger partial charge in [-0.25, -0.2) is 0 Å².